The molecule has 1 heterocycles. The fourth-order valence-corrected chi connectivity index (χ4v) is 3.30. The maximum atomic E-state index is 2.60. The van der Waals surface area contributed by atoms with E-state index in [4.69, 9.17) is 0 Å². The second-order valence-corrected chi connectivity index (χ2v) is 5.57. The third-order valence-electron chi connectivity index (χ3n) is 4.29. The molecule has 0 spiro atoms. The van der Waals surface area contributed by atoms with Gasteiger partial charge in [0.25, 0.3) is 0 Å². The van der Waals surface area contributed by atoms with Crippen molar-refractivity contribution >= 4 is 5.69 Å². The van der Waals surface area contributed by atoms with Crippen molar-refractivity contribution in [3.8, 4) is 0 Å². The smallest absolute Gasteiger partial charge is 0.0404 e. The van der Waals surface area contributed by atoms with Crippen molar-refractivity contribution in [2.75, 3.05) is 18.0 Å². The molecule has 0 aromatic heterocycles. The number of hydrogen-bond donors (Lipinski definition) is 0. The number of hydrogen-bond acceptors (Lipinski definition) is 1. The maximum absolute atomic E-state index is 2.60. The first kappa shape index (κ1) is 11.8. The third kappa shape index (κ3) is 2.45. The molecule has 0 bridgehead atoms. The molecule has 1 aromatic carbocycles. The summed E-state index contributed by atoms with van der Waals surface area (Å²) in [5, 5.41) is 0. The highest BCUT2D eigenvalue weighted by Crippen LogP contribution is 2.35. The van der Waals surface area contributed by atoms with Crippen LogP contribution in [0.2, 0.25) is 0 Å². The summed E-state index contributed by atoms with van der Waals surface area (Å²) in [6.07, 6.45) is 12.8. The van der Waals surface area contributed by atoms with E-state index in [1.54, 1.807) is 5.56 Å². The Morgan fingerprint density at radius 1 is 0.944 bits per heavy atom. The Morgan fingerprint density at radius 3 is 2.56 bits per heavy atom. The third-order valence-corrected chi connectivity index (χ3v) is 4.29. The van der Waals surface area contributed by atoms with E-state index in [-0.39, 0.29) is 0 Å². The summed E-state index contributed by atoms with van der Waals surface area (Å²) >= 11 is 0. The van der Waals surface area contributed by atoms with E-state index in [1.165, 1.54) is 57.3 Å². The van der Waals surface area contributed by atoms with Gasteiger partial charge in [-0.2, -0.15) is 0 Å². The lowest BCUT2D eigenvalue weighted by molar-refractivity contribution is 0.572. The van der Waals surface area contributed by atoms with Gasteiger partial charge in [0.05, 0.1) is 0 Å². The number of rotatable bonds is 2. The predicted octanol–water partition coefficient (Wildman–Crippen LogP) is 4.50. The molecule has 1 heteroatoms. The molecule has 1 aromatic rings. The molecular formula is C17H23N. The molecule has 1 fully saturated rings. The van der Waals surface area contributed by atoms with Crippen LogP contribution >= 0.6 is 0 Å². The molecule has 2 aliphatic rings. The van der Waals surface area contributed by atoms with Gasteiger partial charge in [-0.15, -0.1) is 0 Å². The average molecular weight is 241 g/mol. The molecular weight excluding hydrogens is 218 g/mol. The Balaban J connectivity index is 1.88. The minimum Gasteiger partial charge on any atom is -0.371 e. The van der Waals surface area contributed by atoms with Crippen LogP contribution in [0.15, 0.2) is 36.4 Å². The number of para-hydroxylation sites is 1. The summed E-state index contributed by atoms with van der Waals surface area (Å²) < 4.78 is 0. The van der Waals surface area contributed by atoms with Crippen molar-refractivity contribution in [2.45, 2.75) is 44.4 Å². The van der Waals surface area contributed by atoms with E-state index < -0.39 is 0 Å². The Morgan fingerprint density at radius 2 is 1.78 bits per heavy atom. The standard InChI is InChI=1S/C17H23N/c1-3-9-15(10-4-1)16-11-5-6-12-17(16)18-13-7-2-8-14-18/h3,5-6,9,11-12,15H,1-2,4,7-8,10,13-14H2. The topological polar surface area (TPSA) is 3.24 Å². The first-order valence-electron chi connectivity index (χ1n) is 7.46. The summed E-state index contributed by atoms with van der Waals surface area (Å²) in [4.78, 5) is 2.60. The van der Waals surface area contributed by atoms with Crippen molar-refractivity contribution in [3.63, 3.8) is 0 Å². The fourth-order valence-electron chi connectivity index (χ4n) is 3.30. The normalized spacial score (nSPS) is 24.2. The number of nitrogens with zero attached hydrogens (tertiary/aromatic N) is 1. The van der Waals surface area contributed by atoms with E-state index >= 15 is 0 Å². The maximum Gasteiger partial charge on any atom is 0.0404 e. The number of piperidine rings is 1. The molecule has 1 saturated heterocycles. The molecule has 1 aliphatic carbocycles. The molecule has 0 radical (unpaired) electrons. The van der Waals surface area contributed by atoms with Crippen LogP contribution in [0.4, 0.5) is 5.69 Å². The highest BCUT2D eigenvalue weighted by atomic mass is 15.1. The summed E-state index contributed by atoms with van der Waals surface area (Å²) in [6.45, 7) is 2.49. The molecule has 0 amide bonds. The molecule has 1 aliphatic heterocycles. The summed E-state index contributed by atoms with van der Waals surface area (Å²) in [5.74, 6) is 0.650. The number of anilines is 1. The quantitative estimate of drug-likeness (QED) is 0.689. The van der Waals surface area contributed by atoms with Crippen molar-refractivity contribution in [3.05, 3.63) is 42.0 Å². The van der Waals surface area contributed by atoms with Gasteiger partial charge in [0, 0.05) is 24.7 Å². The van der Waals surface area contributed by atoms with Gasteiger partial charge in [0.1, 0.15) is 0 Å². The highest BCUT2D eigenvalue weighted by Gasteiger charge is 2.19. The van der Waals surface area contributed by atoms with Crippen LogP contribution in [0.1, 0.15) is 50.0 Å². The van der Waals surface area contributed by atoms with Crippen LogP contribution in [-0.2, 0) is 0 Å². The summed E-state index contributed by atoms with van der Waals surface area (Å²) in [6, 6.07) is 9.05. The van der Waals surface area contributed by atoms with E-state index in [0.29, 0.717) is 5.92 Å². The van der Waals surface area contributed by atoms with Gasteiger partial charge in [-0.1, -0.05) is 30.4 Å². The zero-order chi connectivity index (χ0) is 12.2. The van der Waals surface area contributed by atoms with Crippen molar-refractivity contribution in [1.82, 2.24) is 0 Å². The van der Waals surface area contributed by atoms with Crippen molar-refractivity contribution < 1.29 is 0 Å². The largest absolute Gasteiger partial charge is 0.371 e. The van der Waals surface area contributed by atoms with Crippen LogP contribution in [0.25, 0.3) is 0 Å². The first-order valence-corrected chi connectivity index (χ1v) is 7.46. The SMILES string of the molecule is C1=CC(c2ccccc2N2CCCCC2)CCC1. The van der Waals surface area contributed by atoms with Crippen LogP contribution in [-0.4, -0.2) is 13.1 Å². The molecule has 0 saturated carbocycles. The summed E-state index contributed by atoms with van der Waals surface area (Å²) in [7, 11) is 0. The predicted molar refractivity (Wildman–Crippen MR) is 78.2 cm³/mol. The lowest BCUT2D eigenvalue weighted by Gasteiger charge is -2.32. The summed E-state index contributed by atoms with van der Waals surface area (Å²) in [5.41, 5.74) is 3.05. The van der Waals surface area contributed by atoms with Crippen LogP contribution in [0.5, 0.6) is 0 Å². The lowest BCUT2D eigenvalue weighted by atomic mass is 9.88. The average Bonchev–Trinajstić information content (AvgIpc) is 2.49. The van der Waals surface area contributed by atoms with Crippen LogP contribution in [0, 0.1) is 0 Å². The molecule has 96 valence electrons. The van der Waals surface area contributed by atoms with Crippen LogP contribution in [0.3, 0.4) is 0 Å². The fraction of sp³-hybridized carbons (Fsp3) is 0.529. The second-order valence-electron chi connectivity index (χ2n) is 5.57. The number of benzene rings is 1. The molecule has 1 atom stereocenters. The van der Waals surface area contributed by atoms with Crippen molar-refractivity contribution in [1.29, 1.82) is 0 Å². The Kier molecular flexibility index (Phi) is 3.68. The Hall–Kier alpha value is -1.24. The molecule has 3 rings (SSSR count). The van der Waals surface area contributed by atoms with Crippen LogP contribution < -0.4 is 4.90 Å². The van der Waals surface area contributed by atoms with Gasteiger partial charge >= 0.3 is 0 Å². The second kappa shape index (κ2) is 5.60. The van der Waals surface area contributed by atoms with E-state index in [9.17, 15) is 0 Å². The minimum atomic E-state index is 0.650. The number of allylic oxidation sites excluding steroid dienone is 2. The molecule has 1 unspecified atom stereocenters. The van der Waals surface area contributed by atoms with Gasteiger partial charge < -0.3 is 4.90 Å². The zero-order valence-electron chi connectivity index (χ0n) is 11.1. The molecule has 1 nitrogen and oxygen atoms in total. The van der Waals surface area contributed by atoms with E-state index in [1.807, 2.05) is 0 Å². The molecule has 0 N–H and O–H groups in total. The monoisotopic (exact) mass is 241 g/mol. The van der Waals surface area contributed by atoms with Gasteiger partial charge in [0.2, 0.25) is 0 Å². The van der Waals surface area contributed by atoms with Gasteiger partial charge in [-0.05, 0) is 50.2 Å². The zero-order valence-corrected chi connectivity index (χ0v) is 11.1. The molecule has 18 heavy (non-hydrogen) atoms. The van der Waals surface area contributed by atoms with Crippen molar-refractivity contribution in [2.24, 2.45) is 0 Å². The first-order chi connectivity index (χ1) is 8.95. The van der Waals surface area contributed by atoms with Gasteiger partial charge in [-0.25, -0.2) is 0 Å². The van der Waals surface area contributed by atoms with Gasteiger partial charge in [0.15, 0.2) is 0 Å². The highest BCUT2D eigenvalue weighted by molar-refractivity contribution is 5.56. The Labute approximate surface area is 111 Å². The minimum absolute atomic E-state index is 0.650. The van der Waals surface area contributed by atoms with Gasteiger partial charge in [-0.3, -0.25) is 0 Å². The lowest BCUT2D eigenvalue weighted by Crippen LogP contribution is -2.30. The van der Waals surface area contributed by atoms with E-state index in [2.05, 4.69) is 41.3 Å². The Bertz CT molecular complexity index is 415. The van der Waals surface area contributed by atoms with E-state index in [0.717, 1.165) is 0 Å².